The number of hydrogen-bond acceptors (Lipinski definition) is 4. The van der Waals surface area contributed by atoms with Crippen LogP contribution in [0.4, 0.5) is 11.6 Å². The summed E-state index contributed by atoms with van der Waals surface area (Å²) in [7, 11) is 0. The monoisotopic (exact) mass is 396 g/mol. The number of pyridine rings is 1. The van der Waals surface area contributed by atoms with E-state index in [9.17, 15) is 4.79 Å². The smallest absolute Gasteiger partial charge is 0.256 e. The van der Waals surface area contributed by atoms with Gasteiger partial charge in [0.2, 0.25) is 5.95 Å². The van der Waals surface area contributed by atoms with Crippen molar-refractivity contribution in [2.75, 3.05) is 5.32 Å². The Morgan fingerprint density at radius 3 is 2.40 bits per heavy atom. The third-order valence-electron chi connectivity index (χ3n) is 5.80. The second-order valence-electron chi connectivity index (χ2n) is 7.91. The average molecular weight is 396 g/mol. The zero-order valence-corrected chi connectivity index (χ0v) is 16.8. The van der Waals surface area contributed by atoms with Crippen molar-refractivity contribution in [3.8, 4) is 0 Å². The van der Waals surface area contributed by atoms with E-state index in [4.69, 9.17) is 4.98 Å². The average Bonchev–Trinajstić information content (AvgIpc) is 3.30. The van der Waals surface area contributed by atoms with E-state index >= 15 is 0 Å². The number of hydrogen-bond donors (Lipinski definition) is 1. The number of nitrogens with one attached hydrogen (secondary N) is 1. The fourth-order valence-electron chi connectivity index (χ4n) is 4.33. The van der Waals surface area contributed by atoms with Crippen LogP contribution >= 0.6 is 0 Å². The second-order valence-corrected chi connectivity index (χ2v) is 7.91. The predicted molar refractivity (Wildman–Crippen MR) is 120 cm³/mol. The summed E-state index contributed by atoms with van der Waals surface area (Å²) in [5.74, 6) is 0.510. The molecule has 0 atom stereocenters. The van der Waals surface area contributed by atoms with E-state index < -0.39 is 0 Å². The van der Waals surface area contributed by atoms with Crippen LogP contribution in [0, 0.1) is 0 Å². The van der Waals surface area contributed by atoms with Crippen LogP contribution in [0.25, 0.3) is 11.0 Å². The van der Waals surface area contributed by atoms with E-state index in [-0.39, 0.29) is 11.6 Å². The maximum absolute atomic E-state index is 13.5. The first-order chi connectivity index (χ1) is 14.8. The van der Waals surface area contributed by atoms with E-state index in [1.807, 2.05) is 65.4 Å². The molecular weight excluding hydrogens is 372 g/mol. The number of nitrogens with zero attached hydrogens (tertiary/aromatic N) is 3. The highest BCUT2D eigenvalue weighted by Gasteiger charge is 2.22. The van der Waals surface area contributed by atoms with Crippen molar-refractivity contribution in [1.82, 2.24) is 14.5 Å². The third kappa shape index (κ3) is 3.71. The molecule has 150 valence electrons. The molecule has 2 aromatic heterocycles. The fraction of sp³-hybridized carbons (Fsp3) is 0.240. The summed E-state index contributed by atoms with van der Waals surface area (Å²) >= 11 is 0. The van der Waals surface area contributed by atoms with E-state index in [2.05, 4.69) is 22.4 Å². The standard InChI is InChI=1S/C25H24N4O/c30-24-19(15-18-9-3-1-4-10-18)16-20-17-26-25(27-21-11-5-2-6-12-21)28-23(20)29(24)22-13-7-8-14-22/h1-6,9-12,16-17,22H,7-8,13-15H2,(H,26,27,28). The largest absolute Gasteiger partial charge is 0.324 e. The van der Waals surface area contributed by atoms with Crippen LogP contribution in [0.1, 0.15) is 42.9 Å². The summed E-state index contributed by atoms with van der Waals surface area (Å²) < 4.78 is 1.93. The normalized spacial score (nSPS) is 14.3. The van der Waals surface area contributed by atoms with E-state index in [0.29, 0.717) is 12.4 Å². The Hall–Kier alpha value is -3.47. The molecule has 0 aliphatic heterocycles. The van der Waals surface area contributed by atoms with Gasteiger partial charge in [-0.3, -0.25) is 9.36 Å². The zero-order valence-electron chi connectivity index (χ0n) is 16.8. The molecule has 30 heavy (non-hydrogen) atoms. The molecule has 1 aliphatic carbocycles. The highest BCUT2D eigenvalue weighted by molar-refractivity contribution is 5.77. The quantitative estimate of drug-likeness (QED) is 0.501. The molecule has 0 amide bonds. The molecule has 2 aromatic carbocycles. The highest BCUT2D eigenvalue weighted by atomic mass is 16.1. The Morgan fingerprint density at radius 2 is 1.67 bits per heavy atom. The van der Waals surface area contributed by atoms with Crippen LogP contribution in [-0.4, -0.2) is 14.5 Å². The molecule has 1 saturated carbocycles. The second kappa shape index (κ2) is 8.11. The minimum atomic E-state index is 0.0719. The maximum Gasteiger partial charge on any atom is 0.256 e. The van der Waals surface area contributed by atoms with Crippen molar-refractivity contribution in [3.05, 3.63) is 94.4 Å². The van der Waals surface area contributed by atoms with Gasteiger partial charge in [0.1, 0.15) is 5.65 Å². The minimum Gasteiger partial charge on any atom is -0.324 e. The highest BCUT2D eigenvalue weighted by Crippen LogP contribution is 2.31. The lowest BCUT2D eigenvalue weighted by Gasteiger charge is -2.18. The summed E-state index contributed by atoms with van der Waals surface area (Å²) in [5.41, 5.74) is 3.65. The third-order valence-corrected chi connectivity index (χ3v) is 5.80. The van der Waals surface area contributed by atoms with Gasteiger partial charge >= 0.3 is 0 Å². The van der Waals surface area contributed by atoms with Crippen LogP contribution in [0.2, 0.25) is 0 Å². The van der Waals surface area contributed by atoms with Crippen molar-refractivity contribution in [2.45, 2.75) is 38.1 Å². The summed E-state index contributed by atoms with van der Waals surface area (Å²) in [6.45, 7) is 0. The number of anilines is 2. The van der Waals surface area contributed by atoms with Crippen LogP contribution in [-0.2, 0) is 6.42 Å². The van der Waals surface area contributed by atoms with Crippen LogP contribution in [0.3, 0.4) is 0 Å². The molecule has 1 fully saturated rings. The number of para-hydroxylation sites is 1. The van der Waals surface area contributed by atoms with Gasteiger partial charge < -0.3 is 5.32 Å². The molecule has 5 heteroatoms. The van der Waals surface area contributed by atoms with Crippen molar-refractivity contribution in [1.29, 1.82) is 0 Å². The molecule has 0 saturated heterocycles. The first kappa shape index (κ1) is 18.6. The Kier molecular flexibility index (Phi) is 5.01. The lowest BCUT2D eigenvalue weighted by molar-refractivity contribution is 0.513. The molecule has 1 aliphatic rings. The molecule has 0 radical (unpaired) electrons. The Bertz CT molecular complexity index is 1210. The molecular formula is C25H24N4O. The maximum atomic E-state index is 13.5. The van der Waals surface area contributed by atoms with Crippen molar-refractivity contribution >= 4 is 22.7 Å². The summed E-state index contributed by atoms with van der Waals surface area (Å²) in [4.78, 5) is 22.8. The summed E-state index contributed by atoms with van der Waals surface area (Å²) in [6, 6.07) is 22.2. The zero-order chi connectivity index (χ0) is 20.3. The van der Waals surface area contributed by atoms with Crippen molar-refractivity contribution in [2.24, 2.45) is 0 Å². The van der Waals surface area contributed by atoms with Gasteiger partial charge in [-0.25, -0.2) is 4.98 Å². The molecule has 0 bridgehead atoms. The van der Waals surface area contributed by atoms with Gasteiger partial charge in [0.15, 0.2) is 0 Å². The van der Waals surface area contributed by atoms with Gasteiger partial charge in [0, 0.05) is 35.3 Å². The summed E-state index contributed by atoms with van der Waals surface area (Å²) in [6.07, 6.45) is 6.80. The van der Waals surface area contributed by atoms with Crippen LogP contribution in [0.15, 0.2) is 77.7 Å². The molecule has 0 unspecified atom stereocenters. The van der Waals surface area contributed by atoms with Gasteiger partial charge in [-0.15, -0.1) is 0 Å². The lowest BCUT2D eigenvalue weighted by atomic mass is 10.0. The topological polar surface area (TPSA) is 59.8 Å². The molecule has 4 aromatic rings. The number of fused-ring (bicyclic) bond motifs is 1. The first-order valence-corrected chi connectivity index (χ1v) is 10.5. The molecule has 0 spiro atoms. The fourth-order valence-corrected chi connectivity index (χ4v) is 4.33. The lowest BCUT2D eigenvalue weighted by Crippen LogP contribution is -2.28. The Labute approximate surface area is 175 Å². The Balaban J connectivity index is 1.61. The summed E-state index contributed by atoms with van der Waals surface area (Å²) in [5, 5.41) is 4.16. The number of benzene rings is 2. The van der Waals surface area contributed by atoms with Crippen LogP contribution in [0.5, 0.6) is 0 Å². The van der Waals surface area contributed by atoms with Gasteiger partial charge in [0.25, 0.3) is 5.56 Å². The van der Waals surface area contributed by atoms with Crippen molar-refractivity contribution < 1.29 is 0 Å². The SMILES string of the molecule is O=c1c(Cc2ccccc2)cc2cnc(Nc3ccccc3)nc2n1C1CCCC1. The minimum absolute atomic E-state index is 0.0719. The van der Waals surface area contributed by atoms with E-state index in [1.54, 1.807) is 0 Å². The number of aromatic nitrogens is 3. The molecule has 5 rings (SSSR count). The molecule has 2 heterocycles. The first-order valence-electron chi connectivity index (χ1n) is 10.5. The van der Waals surface area contributed by atoms with E-state index in [1.165, 1.54) is 0 Å². The van der Waals surface area contributed by atoms with Crippen LogP contribution < -0.4 is 10.9 Å². The molecule has 1 N–H and O–H groups in total. The Morgan fingerprint density at radius 1 is 0.967 bits per heavy atom. The van der Waals surface area contributed by atoms with Gasteiger partial charge in [0.05, 0.1) is 0 Å². The molecule has 5 nitrogen and oxygen atoms in total. The van der Waals surface area contributed by atoms with E-state index in [0.717, 1.165) is 53.5 Å². The number of rotatable bonds is 5. The van der Waals surface area contributed by atoms with Gasteiger partial charge in [-0.2, -0.15) is 4.98 Å². The van der Waals surface area contributed by atoms with Gasteiger partial charge in [-0.05, 0) is 36.6 Å². The van der Waals surface area contributed by atoms with Gasteiger partial charge in [-0.1, -0.05) is 61.4 Å². The predicted octanol–water partition coefficient (Wildman–Crippen LogP) is 5.24. The van der Waals surface area contributed by atoms with Crippen molar-refractivity contribution in [3.63, 3.8) is 0 Å².